The topological polar surface area (TPSA) is 38.3 Å². The second-order valence-corrected chi connectivity index (χ2v) is 7.74. The van der Waals surface area contributed by atoms with Gasteiger partial charge in [-0.25, -0.2) is 0 Å². The van der Waals surface area contributed by atoms with Crippen molar-refractivity contribution in [1.82, 2.24) is 5.32 Å². The van der Waals surface area contributed by atoms with Gasteiger partial charge in [-0.1, -0.05) is 72.8 Å². The van der Waals surface area contributed by atoms with Crippen LogP contribution in [0.3, 0.4) is 0 Å². The number of nitrogens with one attached hydrogen (secondary N) is 1. The third kappa shape index (κ3) is 3.39. The number of rotatable bonds is 3. The van der Waals surface area contributed by atoms with Crippen LogP contribution in [0, 0.1) is 0 Å². The summed E-state index contributed by atoms with van der Waals surface area (Å²) in [5.41, 5.74) is 4.57. The molecule has 3 aromatic rings. The summed E-state index contributed by atoms with van der Waals surface area (Å²) in [5, 5.41) is 3.42. The molecule has 5 rings (SSSR count). The fourth-order valence-corrected chi connectivity index (χ4v) is 4.26. The number of fused-ring (bicyclic) bond motifs is 1. The minimum Gasteiger partial charge on any atom is -0.482 e. The highest BCUT2D eigenvalue weighted by molar-refractivity contribution is 6.09. The van der Waals surface area contributed by atoms with Crippen molar-refractivity contribution in [2.75, 3.05) is 13.1 Å². The molecule has 144 valence electrons. The maximum Gasteiger partial charge on any atom is 0.193 e. The molecule has 2 aliphatic rings. The van der Waals surface area contributed by atoms with Crippen LogP contribution in [0.15, 0.2) is 84.9 Å². The lowest BCUT2D eigenvalue weighted by Gasteiger charge is -2.40. The van der Waals surface area contributed by atoms with Crippen LogP contribution in [0.25, 0.3) is 5.57 Å². The summed E-state index contributed by atoms with van der Waals surface area (Å²) in [6.07, 6.45) is 4.20. The summed E-state index contributed by atoms with van der Waals surface area (Å²) in [5.74, 6) is 0.990. The van der Waals surface area contributed by atoms with E-state index in [4.69, 9.17) is 4.74 Å². The first-order valence-corrected chi connectivity index (χ1v) is 10.2. The van der Waals surface area contributed by atoms with Crippen molar-refractivity contribution in [1.29, 1.82) is 0 Å². The van der Waals surface area contributed by atoms with E-state index < -0.39 is 0 Å². The molecule has 29 heavy (non-hydrogen) atoms. The second-order valence-electron chi connectivity index (χ2n) is 7.74. The number of piperidine rings is 1. The average molecular weight is 381 g/mol. The van der Waals surface area contributed by atoms with Gasteiger partial charge in [0.1, 0.15) is 11.4 Å². The maximum absolute atomic E-state index is 12.7. The Morgan fingerprint density at radius 3 is 2.21 bits per heavy atom. The smallest absolute Gasteiger partial charge is 0.193 e. The summed E-state index contributed by atoms with van der Waals surface area (Å²) < 4.78 is 6.46. The van der Waals surface area contributed by atoms with E-state index >= 15 is 0 Å². The van der Waals surface area contributed by atoms with Crippen LogP contribution in [0.1, 0.15) is 39.9 Å². The van der Waals surface area contributed by atoms with Crippen LogP contribution in [0.2, 0.25) is 0 Å². The van der Waals surface area contributed by atoms with E-state index in [0.29, 0.717) is 11.1 Å². The van der Waals surface area contributed by atoms with Gasteiger partial charge in [0.25, 0.3) is 0 Å². The van der Waals surface area contributed by atoms with Crippen molar-refractivity contribution >= 4 is 11.4 Å². The molecule has 0 aromatic heterocycles. The normalized spacial score (nSPS) is 17.2. The quantitative estimate of drug-likeness (QED) is 0.658. The Hall–Kier alpha value is -3.17. The molecule has 2 heterocycles. The van der Waals surface area contributed by atoms with Crippen LogP contribution < -0.4 is 10.1 Å². The molecule has 0 bridgehead atoms. The van der Waals surface area contributed by atoms with E-state index in [1.54, 1.807) is 0 Å². The molecule has 3 aromatic carbocycles. The lowest BCUT2D eigenvalue weighted by molar-refractivity contribution is 0.0817. The van der Waals surface area contributed by atoms with E-state index in [9.17, 15) is 4.79 Å². The molecule has 0 atom stereocenters. The molecule has 1 N–H and O–H groups in total. The summed E-state index contributed by atoms with van der Waals surface area (Å²) in [4.78, 5) is 12.7. The third-order valence-electron chi connectivity index (χ3n) is 5.84. The zero-order valence-electron chi connectivity index (χ0n) is 16.2. The predicted octanol–water partition coefficient (Wildman–Crippen LogP) is 4.86. The van der Waals surface area contributed by atoms with Gasteiger partial charge < -0.3 is 10.1 Å². The maximum atomic E-state index is 12.7. The third-order valence-corrected chi connectivity index (χ3v) is 5.84. The van der Waals surface area contributed by atoms with Crippen LogP contribution in [0.5, 0.6) is 5.75 Å². The van der Waals surface area contributed by atoms with Crippen molar-refractivity contribution in [2.45, 2.75) is 18.4 Å². The highest BCUT2D eigenvalue weighted by Crippen LogP contribution is 2.42. The Morgan fingerprint density at radius 1 is 0.793 bits per heavy atom. The van der Waals surface area contributed by atoms with Gasteiger partial charge in [-0.15, -0.1) is 0 Å². The number of hydrogen-bond acceptors (Lipinski definition) is 3. The molecule has 1 fully saturated rings. The van der Waals surface area contributed by atoms with Gasteiger partial charge in [0.05, 0.1) is 0 Å². The molecule has 0 amide bonds. The lowest BCUT2D eigenvalue weighted by atomic mass is 9.83. The van der Waals surface area contributed by atoms with Crippen molar-refractivity contribution in [3.63, 3.8) is 0 Å². The number of hydrogen-bond donors (Lipinski definition) is 1. The number of para-hydroxylation sites is 1. The molecule has 3 heteroatoms. The first kappa shape index (κ1) is 17.9. The Kier molecular flexibility index (Phi) is 4.53. The zero-order valence-corrected chi connectivity index (χ0v) is 16.2. The first-order chi connectivity index (χ1) is 14.2. The molecular formula is C26H23NO2. The number of benzene rings is 3. The second kappa shape index (κ2) is 7.34. The van der Waals surface area contributed by atoms with E-state index in [1.165, 1.54) is 5.57 Å². The van der Waals surface area contributed by atoms with Gasteiger partial charge in [0, 0.05) is 29.5 Å². The molecule has 0 radical (unpaired) electrons. The van der Waals surface area contributed by atoms with Crippen LogP contribution >= 0.6 is 0 Å². The van der Waals surface area contributed by atoms with Gasteiger partial charge in [0.2, 0.25) is 0 Å². The first-order valence-electron chi connectivity index (χ1n) is 10.2. The fourth-order valence-electron chi connectivity index (χ4n) is 4.26. The highest BCUT2D eigenvalue weighted by atomic mass is 16.5. The zero-order chi connectivity index (χ0) is 19.7. The molecular weight excluding hydrogens is 358 g/mol. The summed E-state index contributed by atoms with van der Waals surface area (Å²) in [6, 6.07) is 25.6. The van der Waals surface area contributed by atoms with Crippen molar-refractivity contribution < 1.29 is 9.53 Å². The van der Waals surface area contributed by atoms with E-state index in [1.807, 2.05) is 54.6 Å². The largest absolute Gasteiger partial charge is 0.482 e. The van der Waals surface area contributed by atoms with Crippen molar-refractivity contribution in [3.8, 4) is 5.75 Å². The molecule has 3 nitrogen and oxygen atoms in total. The number of ketones is 1. The predicted molar refractivity (Wildman–Crippen MR) is 115 cm³/mol. The molecule has 0 aliphatic carbocycles. The van der Waals surface area contributed by atoms with Gasteiger partial charge >= 0.3 is 0 Å². The number of carbonyl (C=O) groups is 1. The van der Waals surface area contributed by atoms with Crippen LogP contribution in [-0.2, 0) is 0 Å². The van der Waals surface area contributed by atoms with E-state index in [0.717, 1.165) is 42.8 Å². The molecule has 0 saturated carbocycles. The molecule has 1 spiro atoms. The van der Waals surface area contributed by atoms with E-state index in [-0.39, 0.29) is 11.4 Å². The minimum absolute atomic E-state index is 0.0494. The van der Waals surface area contributed by atoms with Gasteiger partial charge in [-0.2, -0.15) is 0 Å². The number of ether oxygens (including phenoxy) is 1. The number of carbonyl (C=O) groups excluding carboxylic acids is 1. The average Bonchev–Trinajstić information content (AvgIpc) is 2.79. The van der Waals surface area contributed by atoms with Crippen molar-refractivity contribution in [3.05, 3.63) is 107 Å². The standard InChI is InChI=1S/C26H23NO2/c28-25(20-6-2-1-3-7-20)21-12-10-19(11-13-21)23-18-26(14-16-27-17-15-26)29-24-9-5-4-8-22(23)24/h1-13,18,27H,14-17H2. The molecule has 1 saturated heterocycles. The lowest BCUT2D eigenvalue weighted by Crippen LogP contribution is -2.46. The molecule has 2 aliphatic heterocycles. The minimum atomic E-state index is -0.256. The summed E-state index contributed by atoms with van der Waals surface area (Å²) in [6.45, 7) is 1.91. The summed E-state index contributed by atoms with van der Waals surface area (Å²) >= 11 is 0. The Balaban J connectivity index is 1.52. The van der Waals surface area contributed by atoms with Crippen molar-refractivity contribution in [2.24, 2.45) is 0 Å². The highest BCUT2D eigenvalue weighted by Gasteiger charge is 2.36. The van der Waals surface area contributed by atoms with E-state index in [2.05, 4.69) is 35.7 Å². The van der Waals surface area contributed by atoms with Gasteiger partial charge in [0.15, 0.2) is 5.78 Å². The SMILES string of the molecule is O=C(c1ccccc1)c1ccc(C2=CC3(CCNCC3)Oc3ccccc32)cc1. The van der Waals surface area contributed by atoms with Gasteiger partial charge in [-0.05, 0) is 36.4 Å². The van der Waals surface area contributed by atoms with Crippen LogP contribution in [0.4, 0.5) is 0 Å². The Morgan fingerprint density at radius 2 is 1.45 bits per heavy atom. The van der Waals surface area contributed by atoms with Crippen LogP contribution in [-0.4, -0.2) is 24.5 Å². The monoisotopic (exact) mass is 381 g/mol. The Bertz CT molecular complexity index is 1060. The molecule has 0 unspecified atom stereocenters. The Labute approximate surface area is 171 Å². The summed E-state index contributed by atoms with van der Waals surface area (Å²) in [7, 11) is 0. The van der Waals surface area contributed by atoms with Gasteiger partial charge in [-0.3, -0.25) is 4.79 Å². The fraction of sp³-hybridized carbons (Fsp3) is 0.192.